The van der Waals surface area contributed by atoms with Gasteiger partial charge in [0.2, 0.25) is 6.79 Å². The first-order valence-corrected chi connectivity index (χ1v) is 10.2. The van der Waals surface area contributed by atoms with Gasteiger partial charge in [0, 0.05) is 48.9 Å². The summed E-state index contributed by atoms with van der Waals surface area (Å²) >= 11 is 0. The lowest BCUT2D eigenvalue weighted by molar-refractivity contribution is 0.174. The minimum Gasteiger partial charge on any atom is -0.454 e. The third kappa shape index (κ3) is 3.22. The van der Waals surface area contributed by atoms with E-state index in [0.29, 0.717) is 12.5 Å². The normalized spacial score (nSPS) is 16.7. The van der Waals surface area contributed by atoms with E-state index < -0.39 is 0 Å². The lowest BCUT2D eigenvalue weighted by atomic mass is 9.92. The Balaban J connectivity index is 1.37. The van der Waals surface area contributed by atoms with Crippen molar-refractivity contribution in [2.75, 3.05) is 24.8 Å². The number of piperidine rings is 1. The molecule has 1 aromatic carbocycles. The van der Waals surface area contributed by atoms with Gasteiger partial charge in [-0.2, -0.15) is 5.10 Å². The van der Waals surface area contributed by atoms with Gasteiger partial charge in [-0.15, -0.1) is 0 Å². The number of anilines is 1. The Morgan fingerprint density at radius 3 is 2.69 bits per heavy atom. The van der Waals surface area contributed by atoms with Crippen LogP contribution in [0.1, 0.15) is 31.3 Å². The lowest BCUT2D eigenvalue weighted by Crippen LogP contribution is -2.35. The number of H-pyrrole nitrogens is 1. The third-order valence-corrected chi connectivity index (χ3v) is 5.99. The second-order valence-corrected chi connectivity index (χ2v) is 7.83. The van der Waals surface area contributed by atoms with Crippen LogP contribution in [0.15, 0.2) is 23.0 Å². The predicted octanol–water partition coefficient (Wildman–Crippen LogP) is 2.64. The van der Waals surface area contributed by atoms with E-state index in [0.717, 1.165) is 66.3 Å². The van der Waals surface area contributed by atoms with Crippen molar-refractivity contribution in [2.24, 2.45) is 5.92 Å². The number of aromatic nitrogens is 4. The van der Waals surface area contributed by atoms with E-state index in [4.69, 9.17) is 14.5 Å². The van der Waals surface area contributed by atoms with Crippen LogP contribution in [0.25, 0.3) is 10.9 Å². The molecule has 8 nitrogen and oxygen atoms in total. The number of ether oxygens (including phenoxy) is 2. The molecule has 0 radical (unpaired) electrons. The molecule has 0 saturated carbocycles. The molecule has 0 bridgehead atoms. The van der Waals surface area contributed by atoms with Gasteiger partial charge >= 0.3 is 5.69 Å². The summed E-state index contributed by atoms with van der Waals surface area (Å²) in [6, 6.07) is 6.19. The summed E-state index contributed by atoms with van der Waals surface area (Å²) in [5, 5.41) is 7.90. The summed E-state index contributed by atoms with van der Waals surface area (Å²) < 4.78 is 12.8. The standard InChI is InChI=1S/C21H25N5O3/c1-3-26-20(23-24-21(26)27)9-14-4-6-25(7-5-14)17-8-13(2)22-16-11-19-18(10-15(16)17)28-12-29-19/h8,10-11,14H,3-7,9,12H2,1-2H3,(H,24,27). The Kier molecular flexibility index (Phi) is 4.41. The lowest BCUT2D eigenvalue weighted by Gasteiger charge is -2.34. The van der Waals surface area contributed by atoms with Crippen LogP contribution in [0.2, 0.25) is 0 Å². The summed E-state index contributed by atoms with van der Waals surface area (Å²) in [5.74, 6) is 2.95. The Hall–Kier alpha value is -3.03. The van der Waals surface area contributed by atoms with Gasteiger partial charge in [0.15, 0.2) is 11.5 Å². The highest BCUT2D eigenvalue weighted by Gasteiger charge is 2.24. The van der Waals surface area contributed by atoms with Gasteiger partial charge in [0.25, 0.3) is 0 Å². The fourth-order valence-corrected chi connectivity index (χ4v) is 4.46. The van der Waals surface area contributed by atoms with Crippen LogP contribution in [-0.2, 0) is 13.0 Å². The minimum atomic E-state index is -0.114. The van der Waals surface area contributed by atoms with Gasteiger partial charge in [-0.05, 0) is 44.7 Å². The Morgan fingerprint density at radius 1 is 1.17 bits per heavy atom. The molecule has 0 spiro atoms. The summed E-state index contributed by atoms with van der Waals surface area (Å²) in [6.07, 6.45) is 2.98. The average molecular weight is 395 g/mol. The molecule has 4 heterocycles. The maximum absolute atomic E-state index is 11.8. The van der Waals surface area contributed by atoms with Crippen molar-refractivity contribution < 1.29 is 9.47 Å². The van der Waals surface area contributed by atoms with E-state index in [1.54, 1.807) is 4.57 Å². The monoisotopic (exact) mass is 395 g/mol. The molecule has 0 amide bonds. The molecule has 2 aliphatic rings. The van der Waals surface area contributed by atoms with E-state index in [-0.39, 0.29) is 12.5 Å². The molecule has 3 aromatic rings. The topological polar surface area (TPSA) is 85.3 Å². The van der Waals surface area contributed by atoms with E-state index in [2.05, 4.69) is 27.2 Å². The molecule has 1 N–H and O–H groups in total. The van der Waals surface area contributed by atoms with E-state index >= 15 is 0 Å². The van der Waals surface area contributed by atoms with Gasteiger partial charge in [0.1, 0.15) is 5.82 Å². The first-order chi connectivity index (χ1) is 14.1. The number of pyridine rings is 1. The molecule has 0 atom stereocenters. The van der Waals surface area contributed by atoms with Crippen molar-refractivity contribution in [2.45, 2.75) is 39.7 Å². The Labute approximate surface area is 168 Å². The summed E-state index contributed by atoms with van der Waals surface area (Å²) in [4.78, 5) is 18.9. The number of rotatable bonds is 4. The van der Waals surface area contributed by atoms with Crippen LogP contribution in [0.5, 0.6) is 11.5 Å². The largest absolute Gasteiger partial charge is 0.454 e. The molecule has 2 aromatic heterocycles. The molecule has 1 saturated heterocycles. The molecular weight excluding hydrogens is 370 g/mol. The predicted molar refractivity (Wildman–Crippen MR) is 110 cm³/mol. The number of fused-ring (bicyclic) bond motifs is 2. The van der Waals surface area contributed by atoms with Crippen LogP contribution in [0.3, 0.4) is 0 Å². The second-order valence-electron chi connectivity index (χ2n) is 7.83. The first-order valence-electron chi connectivity index (χ1n) is 10.2. The van der Waals surface area contributed by atoms with Gasteiger partial charge in [-0.25, -0.2) is 9.89 Å². The van der Waals surface area contributed by atoms with Crippen LogP contribution >= 0.6 is 0 Å². The molecule has 1 fully saturated rings. The van der Waals surface area contributed by atoms with Crippen LogP contribution in [-0.4, -0.2) is 39.6 Å². The van der Waals surface area contributed by atoms with E-state index in [9.17, 15) is 4.79 Å². The number of aryl methyl sites for hydroxylation is 1. The minimum absolute atomic E-state index is 0.114. The highest BCUT2D eigenvalue weighted by Crippen LogP contribution is 2.39. The fraction of sp³-hybridized carbons (Fsp3) is 0.476. The van der Waals surface area contributed by atoms with Gasteiger partial charge < -0.3 is 14.4 Å². The molecule has 0 unspecified atom stereocenters. The molecular formula is C21H25N5O3. The van der Waals surface area contributed by atoms with Gasteiger partial charge in [0.05, 0.1) is 5.52 Å². The van der Waals surface area contributed by atoms with E-state index in [1.165, 1.54) is 5.69 Å². The van der Waals surface area contributed by atoms with E-state index in [1.807, 2.05) is 19.9 Å². The van der Waals surface area contributed by atoms with Crippen LogP contribution in [0.4, 0.5) is 5.69 Å². The maximum atomic E-state index is 11.8. The number of nitrogens with zero attached hydrogens (tertiary/aromatic N) is 4. The number of aromatic amines is 1. The SMILES string of the molecule is CCn1c(CC2CCN(c3cc(C)nc4cc5c(cc34)OCO5)CC2)n[nH]c1=O. The second kappa shape index (κ2) is 7.09. The zero-order chi connectivity index (χ0) is 20.0. The Bertz CT molecular complexity index is 1110. The molecule has 2 aliphatic heterocycles. The smallest absolute Gasteiger partial charge is 0.343 e. The summed E-state index contributed by atoms with van der Waals surface area (Å²) in [7, 11) is 0. The molecule has 5 rings (SSSR count). The highest BCUT2D eigenvalue weighted by molar-refractivity contribution is 5.94. The molecule has 0 aliphatic carbocycles. The summed E-state index contributed by atoms with van der Waals surface area (Å²) in [6.45, 7) is 6.87. The van der Waals surface area contributed by atoms with Gasteiger partial charge in [-0.1, -0.05) is 0 Å². The molecule has 152 valence electrons. The van der Waals surface area contributed by atoms with Crippen molar-refractivity contribution in [3.63, 3.8) is 0 Å². The number of hydrogen-bond donors (Lipinski definition) is 1. The zero-order valence-corrected chi connectivity index (χ0v) is 16.8. The maximum Gasteiger partial charge on any atom is 0.343 e. The zero-order valence-electron chi connectivity index (χ0n) is 16.8. The van der Waals surface area contributed by atoms with Gasteiger partial charge in [-0.3, -0.25) is 9.55 Å². The third-order valence-electron chi connectivity index (χ3n) is 5.99. The average Bonchev–Trinajstić information content (AvgIpc) is 3.32. The van der Waals surface area contributed by atoms with Crippen LogP contribution < -0.4 is 20.1 Å². The quantitative estimate of drug-likeness (QED) is 0.731. The number of benzene rings is 1. The summed E-state index contributed by atoms with van der Waals surface area (Å²) in [5.41, 5.74) is 3.03. The molecule has 29 heavy (non-hydrogen) atoms. The van der Waals surface area contributed by atoms with Crippen molar-refractivity contribution in [3.8, 4) is 11.5 Å². The number of nitrogens with one attached hydrogen (secondary N) is 1. The Morgan fingerprint density at radius 2 is 1.93 bits per heavy atom. The fourth-order valence-electron chi connectivity index (χ4n) is 4.46. The van der Waals surface area contributed by atoms with Crippen molar-refractivity contribution >= 4 is 16.6 Å². The van der Waals surface area contributed by atoms with Crippen LogP contribution in [0, 0.1) is 12.8 Å². The van der Waals surface area contributed by atoms with Crippen molar-refractivity contribution in [1.82, 2.24) is 19.7 Å². The highest BCUT2D eigenvalue weighted by atomic mass is 16.7. The van der Waals surface area contributed by atoms with Crippen molar-refractivity contribution in [1.29, 1.82) is 0 Å². The first kappa shape index (κ1) is 18.0. The van der Waals surface area contributed by atoms with Crippen molar-refractivity contribution in [3.05, 3.63) is 40.2 Å². The molecule has 8 heteroatoms. The number of hydrogen-bond acceptors (Lipinski definition) is 6.